The second-order valence-corrected chi connectivity index (χ2v) is 8.15. The van der Waals surface area contributed by atoms with Crippen LogP contribution in [0.4, 0.5) is 11.4 Å². The maximum Gasteiger partial charge on any atom is 0.262 e. The summed E-state index contributed by atoms with van der Waals surface area (Å²) < 4.78 is 28.0. The van der Waals surface area contributed by atoms with E-state index >= 15 is 0 Å². The van der Waals surface area contributed by atoms with Crippen LogP contribution in [0.25, 0.3) is 0 Å². The predicted octanol–water partition coefficient (Wildman–Crippen LogP) is 3.76. The highest BCUT2D eigenvalue weighted by molar-refractivity contribution is 7.89. The lowest BCUT2D eigenvalue weighted by Gasteiger charge is -2.08. The molecule has 1 amide bonds. The zero-order valence-corrected chi connectivity index (χ0v) is 17.2. The summed E-state index contributed by atoms with van der Waals surface area (Å²) in [5.41, 5.74) is 1.91. The van der Waals surface area contributed by atoms with Gasteiger partial charge >= 0.3 is 0 Å². The lowest BCUT2D eigenvalue weighted by molar-refractivity contribution is -0.118. The number of nitrogens with zero attached hydrogens (tertiary/aromatic N) is 1. The molecule has 0 heterocycles. The summed E-state index contributed by atoms with van der Waals surface area (Å²) in [5, 5.41) is 8.20. The van der Waals surface area contributed by atoms with Crippen LogP contribution in [0.2, 0.25) is 5.02 Å². The highest BCUT2D eigenvalue weighted by atomic mass is 35.5. The van der Waals surface area contributed by atoms with Crippen molar-refractivity contribution in [2.75, 3.05) is 11.9 Å². The third-order valence-electron chi connectivity index (χ3n) is 3.93. The number of hydrogen-bond acceptors (Lipinski definition) is 5. The average molecular weight is 444 g/mol. The Hall–Kier alpha value is -3.20. The van der Waals surface area contributed by atoms with Gasteiger partial charge in [-0.25, -0.2) is 13.6 Å². The van der Waals surface area contributed by atoms with Gasteiger partial charge in [0.1, 0.15) is 5.75 Å². The van der Waals surface area contributed by atoms with Crippen LogP contribution in [0.5, 0.6) is 5.75 Å². The lowest BCUT2D eigenvalue weighted by Crippen LogP contribution is -2.20. The van der Waals surface area contributed by atoms with E-state index in [2.05, 4.69) is 10.3 Å². The summed E-state index contributed by atoms with van der Waals surface area (Å²) in [5.74, 6) is 0.204. The summed E-state index contributed by atoms with van der Waals surface area (Å²) >= 11 is 6.00. The van der Waals surface area contributed by atoms with Crippen molar-refractivity contribution in [1.29, 1.82) is 0 Å². The van der Waals surface area contributed by atoms with Gasteiger partial charge in [-0.05, 0) is 66.2 Å². The van der Waals surface area contributed by atoms with Gasteiger partial charge in [-0.1, -0.05) is 23.7 Å². The smallest absolute Gasteiger partial charge is 0.262 e. The quantitative estimate of drug-likeness (QED) is 0.541. The predicted molar refractivity (Wildman–Crippen MR) is 117 cm³/mol. The Kier molecular flexibility index (Phi) is 6.83. The number of benzene rings is 3. The van der Waals surface area contributed by atoms with Crippen LogP contribution in [0.1, 0.15) is 5.56 Å². The van der Waals surface area contributed by atoms with Gasteiger partial charge in [-0.2, -0.15) is 0 Å². The Morgan fingerprint density at radius 3 is 2.33 bits per heavy atom. The summed E-state index contributed by atoms with van der Waals surface area (Å²) in [6, 6.07) is 19.9. The van der Waals surface area contributed by atoms with E-state index in [0.29, 0.717) is 22.1 Å². The molecule has 0 fully saturated rings. The summed E-state index contributed by atoms with van der Waals surface area (Å²) in [6.07, 6.45) is 1.62. The molecule has 0 saturated carbocycles. The van der Waals surface area contributed by atoms with Crippen LogP contribution in [-0.4, -0.2) is 27.1 Å². The van der Waals surface area contributed by atoms with Gasteiger partial charge in [0.2, 0.25) is 10.0 Å². The van der Waals surface area contributed by atoms with E-state index in [0.717, 1.165) is 5.56 Å². The molecule has 9 heteroatoms. The number of ether oxygens (including phenoxy) is 1. The monoisotopic (exact) mass is 443 g/mol. The SMILES string of the molecule is NS(=O)(=O)c1ccc(N=Cc2ccc(OCC(=O)Nc3ccccc3Cl)cc2)cc1. The molecule has 0 saturated heterocycles. The number of primary sulfonamides is 1. The van der Waals surface area contributed by atoms with E-state index in [1.165, 1.54) is 12.1 Å². The molecule has 154 valence electrons. The molecule has 0 unspecified atom stereocenters. The molecule has 0 aliphatic heterocycles. The third kappa shape index (κ3) is 6.15. The number of nitrogens with two attached hydrogens (primary N) is 1. The fourth-order valence-corrected chi connectivity index (χ4v) is 3.12. The maximum absolute atomic E-state index is 12.0. The second-order valence-electron chi connectivity index (χ2n) is 6.18. The van der Waals surface area contributed by atoms with Gasteiger partial charge < -0.3 is 10.1 Å². The topological polar surface area (TPSA) is 111 Å². The number of hydrogen-bond donors (Lipinski definition) is 2. The van der Waals surface area contributed by atoms with Gasteiger partial charge in [0.25, 0.3) is 5.91 Å². The summed E-state index contributed by atoms with van der Waals surface area (Å²) in [7, 11) is -3.72. The lowest BCUT2D eigenvalue weighted by atomic mass is 10.2. The average Bonchev–Trinajstić information content (AvgIpc) is 2.73. The second kappa shape index (κ2) is 9.53. The fourth-order valence-electron chi connectivity index (χ4n) is 2.42. The van der Waals surface area contributed by atoms with Crippen molar-refractivity contribution in [3.05, 3.63) is 83.4 Å². The van der Waals surface area contributed by atoms with E-state index in [1.54, 1.807) is 66.9 Å². The van der Waals surface area contributed by atoms with Crippen molar-refractivity contribution >= 4 is 45.1 Å². The number of rotatable bonds is 7. The molecule has 0 aliphatic carbocycles. The van der Waals surface area contributed by atoms with Crippen LogP contribution < -0.4 is 15.2 Å². The minimum Gasteiger partial charge on any atom is -0.484 e. The van der Waals surface area contributed by atoms with Crippen LogP contribution in [-0.2, 0) is 14.8 Å². The Morgan fingerprint density at radius 1 is 1.03 bits per heavy atom. The van der Waals surface area contributed by atoms with Crippen molar-refractivity contribution in [2.45, 2.75) is 4.90 Å². The molecule has 3 aromatic rings. The number of carbonyl (C=O) groups excluding carboxylic acids is 1. The van der Waals surface area contributed by atoms with Gasteiger partial charge in [-0.15, -0.1) is 0 Å². The molecular weight excluding hydrogens is 426 g/mol. The largest absolute Gasteiger partial charge is 0.484 e. The first-order valence-electron chi connectivity index (χ1n) is 8.75. The van der Waals surface area contributed by atoms with Crippen molar-refractivity contribution in [2.24, 2.45) is 10.1 Å². The number of nitrogens with one attached hydrogen (secondary N) is 1. The molecule has 7 nitrogen and oxygen atoms in total. The molecule has 0 aromatic heterocycles. The van der Waals surface area contributed by atoms with Crippen LogP contribution >= 0.6 is 11.6 Å². The summed E-state index contributed by atoms with van der Waals surface area (Å²) in [4.78, 5) is 16.3. The number of halogens is 1. The molecule has 3 aromatic carbocycles. The Bertz CT molecular complexity index is 1160. The minimum atomic E-state index is -3.72. The number of amides is 1. The fraction of sp³-hybridized carbons (Fsp3) is 0.0476. The van der Waals surface area contributed by atoms with Crippen molar-refractivity contribution in [3.63, 3.8) is 0 Å². The number of carbonyl (C=O) groups is 1. The zero-order valence-electron chi connectivity index (χ0n) is 15.7. The van der Waals surface area contributed by atoms with Crippen LogP contribution in [0.3, 0.4) is 0 Å². The van der Waals surface area contributed by atoms with Crippen molar-refractivity contribution in [3.8, 4) is 5.75 Å². The van der Waals surface area contributed by atoms with E-state index in [1.807, 2.05) is 0 Å². The van der Waals surface area contributed by atoms with Gasteiger partial charge in [0.15, 0.2) is 6.61 Å². The molecule has 0 bridgehead atoms. The highest BCUT2D eigenvalue weighted by Gasteiger charge is 2.07. The normalized spacial score (nSPS) is 11.4. The van der Waals surface area contributed by atoms with Crippen LogP contribution in [0, 0.1) is 0 Å². The highest BCUT2D eigenvalue weighted by Crippen LogP contribution is 2.20. The van der Waals surface area contributed by atoms with Crippen LogP contribution in [0.15, 0.2) is 82.7 Å². The Balaban J connectivity index is 1.54. The van der Waals surface area contributed by atoms with Gasteiger partial charge in [0, 0.05) is 6.21 Å². The molecule has 0 radical (unpaired) electrons. The number of sulfonamides is 1. The first kappa shape index (κ1) is 21.5. The van der Waals surface area contributed by atoms with E-state index in [9.17, 15) is 13.2 Å². The molecule has 0 spiro atoms. The van der Waals surface area contributed by atoms with Crippen molar-refractivity contribution < 1.29 is 17.9 Å². The molecule has 0 atom stereocenters. The maximum atomic E-state index is 12.0. The number of aliphatic imine (C=N–C) groups is 1. The van der Waals surface area contributed by atoms with Gasteiger partial charge in [-0.3, -0.25) is 9.79 Å². The Labute approximate surface area is 179 Å². The standard InChI is InChI=1S/C21H18ClN3O4S/c22-19-3-1-2-4-20(19)25-21(26)14-29-17-9-5-15(6-10-17)13-24-16-7-11-18(12-8-16)30(23,27)28/h1-13H,14H2,(H,25,26)(H2,23,27,28). The van der Waals surface area contributed by atoms with E-state index in [-0.39, 0.29) is 17.4 Å². The van der Waals surface area contributed by atoms with E-state index < -0.39 is 10.0 Å². The molecule has 3 rings (SSSR count). The Morgan fingerprint density at radius 2 is 1.70 bits per heavy atom. The number of anilines is 1. The van der Waals surface area contributed by atoms with E-state index in [4.69, 9.17) is 21.5 Å². The first-order valence-corrected chi connectivity index (χ1v) is 10.7. The molecule has 0 aliphatic rings. The number of para-hydroxylation sites is 1. The van der Waals surface area contributed by atoms with Crippen molar-refractivity contribution in [1.82, 2.24) is 0 Å². The van der Waals surface area contributed by atoms with Gasteiger partial charge in [0.05, 0.1) is 21.3 Å². The summed E-state index contributed by atoms with van der Waals surface area (Å²) in [6.45, 7) is -0.158. The first-order chi connectivity index (χ1) is 14.3. The minimum absolute atomic E-state index is 0.0292. The molecule has 30 heavy (non-hydrogen) atoms. The molecular formula is C21H18ClN3O4S. The molecule has 3 N–H and O–H groups in total. The zero-order chi connectivity index (χ0) is 21.6. The third-order valence-corrected chi connectivity index (χ3v) is 5.18.